The third-order valence-electron chi connectivity index (χ3n) is 4.89. The van der Waals surface area contributed by atoms with Gasteiger partial charge in [-0.3, -0.25) is 0 Å². The Balaban J connectivity index is 1.60. The van der Waals surface area contributed by atoms with E-state index >= 15 is 0 Å². The van der Waals surface area contributed by atoms with E-state index in [2.05, 4.69) is 40.6 Å². The zero-order chi connectivity index (χ0) is 21.1. The standard InChI is InChI=1S/C23H24N4O3/c1-14-5-7-19-17(11-14)13-18(23-25-15(2)30-27-23)22(26-19)24-10-9-16-6-8-20(28-3)21(12-16)29-4/h5-8,11-13H,9-10H2,1-4H3,(H,24,26). The van der Waals surface area contributed by atoms with E-state index < -0.39 is 0 Å². The molecule has 4 rings (SSSR count). The van der Waals surface area contributed by atoms with Crippen molar-refractivity contribution in [2.45, 2.75) is 20.3 Å². The first-order valence-corrected chi connectivity index (χ1v) is 9.74. The van der Waals surface area contributed by atoms with Gasteiger partial charge in [0.25, 0.3) is 0 Å². The number of hydrogen-bond acceptors (Lipinski definition) is 7. The number of rotatable bonds is 7. The maximum absolute atomic E-state index is 5.39. The summed E-state index contributed by atoms with van der Waals surface area (Å²) in [4.78, 5) is 9.21. The molecular weight excluding hydrogens is 380 g/mol. The Labute approximate surface area is 175 Å². The van der Waals surface area contributed by atoms with Crippen LogP contribution in [0.2, 0.25) is 0 Å². The zero-order valence-electron chi connectivity index (χ0n) is 17.5. The van der Waals surface area contributed by atoms with Crippen LogP contribution in [0.4, 0.5) is 5.82 Å². The molecule has 0 unspecified atom stereocenters. The minimum absolute atomic E-state index is 0.519. The van der Waals surface area contributed by atoms with E-state index in [0.717, 1.165) is 45.8 Å². The van der Waals surface area contributed by atoms with Crippen molar-refractivity contribution in [2.75, 3.05) is 26.1 Å². The molecule has 2 heterocycles. The van der Waals surface area contributed by atoms with Gasteiger partial charge in [-0.05, 0) is 49.2 Å². The molecule has 0 aliphatic rings. The van der Waals surface area contributed by atoms with Crippen molar-refractivity contribution in [1.82, 2.24) is 15.1 Å². The van der Waals surface area contributed by atoms with Crippen LogP contribution in [0.15, 0.2) is 47.0 Å². The molecule has 0 bridgehead atoms. The number of aryl methyl sites for hydroxylation is 2. The van der Waals surface area contributed by atoms with E-state index in [-0.39, 0.29) is 0 Å². The Morgan fingerprint density at radius 1 is 0.933 bits per heavy atom. The van der Waals surface area contributed by atoms with Crippen LogP contribution in [-0.2, 0) is 6.42 Å². The van der Waals surface area contributed by atoms with E-state index in [9.17, 15) is 0 Å². The number of benzene rings is 2. The molecule has 30 heavy (non-hydrogen) atoms. The predicted molar refractivity (Wildman–Crippen MR) is 116 cm³/mol. The Morgan fingerprint density at radius 3 is 2.50 bits per heavy atom. The molecule has 2 aromatic carbocycles. The summed E-state index contributed by atoms with van der Waals surface area (Å²) in [7, 11) is 3.27. The van der Waals surface area contributed by atoms with Crippen molar-refractivity contribution in [3.63, 3.8) is 0 Å². The van der Waals surface area contributed by atoms with Gasteiger partial charge < -0.3 is 19.3 Å². The molecule has 0 spiro atoms. The molecule has 2 aromatic heterocycles. The van der Waals surface area contributed by atoms with E-state index in [4.69, 9.17) is 19.0 Å². The van der Waals surface area contributed by atoms with E-state index in [1.807, 2.05) is 24.3 Å². The lowest BCUT2D eigenvalue weighted by molar-refractivity contribution is 0.354. The Hall–Kier alpha value is -3.61. The first-order valence-electron chi connectivity index (χ1n) is 9.74. The summed E-state index contributed by atoms with van der Waals surface area (Å²) in [5.41, 5.74) is 4.04. The van der Waals surface area contributed by atoms with Gasteiger partial charge in [0.15, 0.2) is 11.5 Å². The maximum Gasteiger partial charge on any atom is 0.223 e. The van der Waals surface area contributed by atoms with Gasteiger partial charge in [-0.2, -0.15) is 4.98 Å². The van der Waals surface area contributed by atoms with Crippen molar-refractivity contribution in [3.8, 4) is 22.9 Å². The molecule has 154 valence electrons. The SMILES string of the molecule is COc1ccc(CCNc2nc3ccc(C)cc3cc2-c2noc(C)n2)cc1OC. The van der Waals surface area contributed by atoms with Gasteiger partial charge in [0, 0.05) is 18.9 Å². The van der Waals surface area contributed by atoms with Crippen LogP contribution in [0.5, 0.6) is 11.5 Å². The number of pyridine rings is 1. The monoisotopic (exact) mass is 404 g/mol. The Morgan fingerprint density at radius 2 is 1.77 bits per heavy atom. The summed E-state index contributed by atoms with van der Waals surface area (Å²) >= 11 is 0. The number of aromatic nitrogens is 3. The second-order valence-electron chi connectivity index (χ2n) is 7.08. The number of methoxy groups -OCH3 is 2. The minimum atomic E-state index is 0.519. The van der Waals surface area contributed by atoms with Crippen LogP contribution in [0, 0.1) is 13.8 Å². The van der Waals surface area contributed by atoms with Gasteiger partial charge in [-0.25, -0.2) is 4.98 Å². The van der Waals surface area contributed by atoms with Gasteiger partial charge in [-0.1, -0.05) is 22.9 Å². The summed E-state index contributed by atoms with van der Waals surface area (Å²) in [6, 6.07) is 14.2. The molecule has 0 aliphatic carbocycles. The second-order valence-corrected chi connectivity index (χ2v) is 7.08. The maximum atomic E-state index is 5.39. The van der Waals surface area contributed by atoms with Crippen LogP contribution < -0.4 is 14.8 Å². The lowest BCUT2D eigenvalue weighted by Crippen LogP contribution is -2.08. The molecule has 1 N–H and O–H groups in total. The third kappa shape index (κ3) is 4.05. The fourth-order valence-electron chi connectivity index (χ4n) is 3.37. The molecule has 0 aliphatic heterocycles. The topological polar surface area (TPSA) is 82.3 Å². The first kappa shape index (κ1) is 19.7. The lowest BCUT2D eigenvalue weighted by atomic mass is 10.1. The molecule has 4 aromatic rings. The largest absolute Gasteiger partial charge is 0.493 e. The Bertz CT molecular complexity index is 1190. The molecule has 7 nitrogen and oxygen atoms in total. The fraction of sp³-hybridized carbons (Fsp3) is 0.261. The second kappa shape index (κ2) is 8.41. The molecule has 0 amide bonds. The average Bonchev–Trinajstić information content (AvgIpc) is 3.19. The number of fused-ring (bicyclic) bond motifs is 1. The summed E-state index contributed by atoms with van der Waals surface area (Å²) in [5.74, 6) is 3.21. The number of nitrogens with one attached hydrogen (secondary N) is 1. The van der Waals surface area contributed by atoms with Gasteiger partial charge in [-0.15, -0.1) is 0 Å². The van der Waals surface area contributed by atoms with Crippen LogP contribution in [0.25, 0.3) is 22.3 Å². The van der Waals surface area contributed by atoms with Gasteiger partial charge in [0.1, 0.15) is 5.82 Å². The quantitative estimate of drug-likeness (QED) is 0.483. The highest BCUT2D eigenvalue weighted by Gasteiger charge is 2.14. The van der Waals surface area contributed by atoms with Crippen LogP contribution in [0.1, 0.15) is 17.0 Å². The number of anilines is 1. The van der Waals surface area contributed by atoms with Gasteiger partial charge >= 0.3 is 0 Å². The number of nitrogens with zero attached hydrogens (tertiary/aromatic N) is 3. The fourth-order valence-corrected chi connectivity index (χ4v) is 3.37. The number of hydrogen-bond donors (Lipinski definition) is 1. The number of ether oxygens (including phenoxy) is 2. The highest BCUT2D eigenvalue weighted by Crippen LogP contribution is 2.30. The highest BCUT2D eigenvalue weighted by atomic mass is 16.5. The average molecular weight is 404 g/mol. The van der Waals surface area contributed by atoms with Crippen molar-refractivity contribution in [3.05, 3.63) is 59.5 Å². The Kier molecular flexibility index (Phi) is 5.52. The first-order chi connectivity index (χ1) is 14.6. The molecule has 7 heteroatoms. The predicted octanol–water partition coefficient (Wildman–Crippen LogP) is 4.57. The smallest absolute Gasteiger partial charge is 0.223 e. The van der Waals surface area contributed by atoms with Gasteiger partial charge in [0.05, 0.1) is 25.3 Å². The highest BCUT2D eigenvalue weighted by molar-refractivity contribution is 5.88. The molecule has 0 fully saturated rings. The summed E-state index contributed by atoms with van der Waals surface area (Å²) in [6.45, 7) is 4.52. The van der Waals surface area contributed by atoms with Crippen molar-refractivity contribution in [1.29, 1.82) is 0 Å². The lowest BCUT2D eigenvalue weighted by Gasteiger charge is -2.12. The van der Waals surface area contributed by atoms with Crippen molar-refractivity contribution in [2.24, 2.45) is 0 Å². The molecule has 0 saturated carbocycles. The van der Waals surface area contributed by atoms with Crippen LogP contribution in [0.3, 0.4) is 0 Å². The summed E-state index contributed by atoms with van der Waals surface area (Å²) in [6.07, 6.45) is 0.790. The van der Waals surface area contributed by atoms with Crippen molar-refractivity contribution >= 4 is 16.7 Å². The minimum Gasteiger partial charge on any atom is -0.493 e. The van der Waals surface area contributed by atoms with E-state index in [1.165, 1.54) is 5.56 Å². The molecule has 0 atom stereocenters. The van der Waals surface area contributed by atoms with Crippen LogP contribution in [-0.4, -0.2) is 35.9 Å². The normalized spacial score (nSPS) is 10.9. The summed E-state index contributed by atoms with van der Waals surface area (Å²) < 4.78 is 15.9. The summed E-state index contributed by atoms with van der Waals surface area (Å²) in [5, 5.41) is 8.56. The van der Waals surface area contributed by atoms with E-state index in [1.54, 1.807) is 21.1 Å². The molecule has 0 saturated heterocycles. The molecule has 0 radical (unpaired) electrons. The van der Waals surface area contributed by atoms with E-state index in [0.29, 0.717) is 18.3 Å². The van der Waals surface area contributed by atoms with Crippen molar-refractivity contribution < 1.29 is 14.0 Å². The third-order valence-corrected chi connectivity index (χ3v) is 4.89. The zero-order valence-corrected chi connectivity index (χ0v) is 17.5. The molecular formula is C23H24N4O3. The van der Waals surface area contributed by atoms with Gasteiger partial charge in [0.2, 0.25) is 11.7 Å². The van der Waals surface area contributed by atoms with Crippen LogP contribution >= 0.6 is 0 Å².